The fraction of sp³-hybridized carbons (Fsp3) is 0.429. The molecule has 0 radical (unpaired) electrons. The Morgan fingerprint density at radius 2 is 1.73 bits per heavy atom. The van der Waals surface area contributed by atoms with Gasteiger partial charge >= 0.3 is 0 Å². The van der Waals surface area contributed by atoms with Crippen molar-refractivity contribution in [3.63, 3.8) is 0 Å². The first-order valence-electron chi connectivity index (χ1n) is 9.57. The van der Waals surface area contributed by atoms with E-state index in [0.717, 1.165) is 56.5 Å². The van der Waals surface area contributed by atoms with Crippen LogP contribution >= 0.6 is 0 Å². The van der Waals surface area contributed by atoms with Crippen LogP contribution in [-0.4, -0.2) is 50.0 Å². The lowest BCUT2D eigenvalue weighted by molar-refractivity contribution is -0.00100. The van der Waals surface area contributed by atoms with Crippen molar-refractivity contribution in [3.8, 4) is 0 Å². The van der Waals surface area contributed by atoms with Crippen molar-refractivity contribution < 1.29 is 38.0 Å². The SMILES string of the molecule is Cc1cccc(CCN2CCC(C(=O)c3ccc(NS(C)(=O)=O)cc3)CC2)n1.[Cl-].[Cl-]. The van der Waals surface area contributed by atoms with Gasteiger partial charge in [0.05, 0.1) is 6.26 Å². The molecule has 0 amide bonds. The zero-order valence-corrected chi connectivity index (χ0v) is 19.5. The number of aryl methyl sites for hydroxylation is 1. The van der Waals surface area contributed by atoms with Gasteiger partial charge in [-0.05, 0) is 69.3 Å². The molecule has 1 aliphatic rings. The number of hydrogen-bond acceptors (Lipinski definition) is 5. The van der Waals surface area contributed by atoms with Crippen molar-refractivity contribution in [1.29, 1.82) is 0 Å². The summed E-state index contributed by atoms with van der Waals surface area (Å²) in [5.74, 6) is 0.174. The number of sulfonamides is 1. The summed E-state index contributed by atoms with van der Waals surface area (Å²) in [6.07, 6.45) is 3.73. The number of halogens is 2. The van der Waals surface area contributed by atoms with E-state index >= 15 is 0 Å². The number of piperidine rings is 1. The monoisotopic (exact) mass is 471 g/mol. The van der Waals surface area contributed by atoms with Crippen molar-refractivity contribution in [2.75, 3.05) is 30.6 Å². The van der Waals surface area contributed by atoms with E-state index in [2.05, 4.69) is 20.7 Å². The number of ketones is 1. The number of anilines is 1. The molecule has 2 heterocycles. The van der Waals surface area contributed by atoms with Gasteiger partial charge in [0.25, 0.3) is 0 Å². The molecule has 166 valence electrons. The molecule has 0 aliphatic carbocycles. The molecular formula is C21H27Cl2N3O3S-2. The fourth-order valence-corrected chi connectivity index (χ4v) is 4.15. The van der Waals surface area contributed by atoms with Gasteiger partial charge in [-0.2, -0.15) is 0 Å². The summed E-state index contributed by atoms with van der Waals surface area (Å²) in [5.41, 5.74) is 3.26. The number of carbonyl (C=O) groups is 1. The van der Waals surface area contributed by atoms with Crippen LogP contribution in [0.4, 0.5) is 5.69 Å². The smallest absolute Gasteiger partial charge is 0.229 e. The molecule has 9 heteroatoms. The number of carbonyl (C=O) groups excluding carboxylic acids is 1. The number of likely N-dealkylation sites (tertiary alicyclic amines) is 1. The van der Waals surface area contributed by atoms with Gasteiger partial charge in [0.1, 0.15) is 0 Å². The highest BCUT2D eigenvalue weighted by molar-refractivity contribution is 7.92. The Bertz CT molecular complexity index is 929. The summed E-state index contributed by atoms with van der Waals surface area (Å²) in [5, 5.41) is 0. The predicted molar refractivity (Wildman–Crippen MR) is 111 cm³/mol. The number of Topliss-reactive ketones (excluding diaryl/α,β-unsaturated/α-hetero) is 1. The highest BCUT2D eigenvalue weighted by atomic mass is 35.5. The predicted octanol–water partition coefficient (Wildman–Crippen LogP) is -3.09. The summed E-state index contributed by atoms with van der Waals surface area (Å²) < 4.78 is 25.0. The minimum atomic E-state index is -3.31. The summed E-state index contributed by atoms with van der Waals surface area (Å²) >= 11 is 0. The van der Waals surface area contributed by atoms with E-state index < -0.39 is 10.0 Å². The van der Waals surface area contributed by atoms with Crippen molar-refractivity contribution in [3.05, 3.63) is 59.4 Å². The summed E-state index contributed by atoms with van der Waals surface area (Å²) in [6, 6.07) is 12.8. The topological polar surface area (TPSA) is 79.4 Å². The highest BCUT2D eigenvalue weighted by Crippen LogP contribution is 2.23. The molecule has 0 bridgehead atoms. The van der Waals surface area contributed by atoms with Crippen LogP contribution in [0.2, 0.25) is 0 Å². The van der Waals surface area contributed by atoms with Gasteiger partial charge in [-0.3, -0.25) is 14.5 Å². The Hall–Kier alpha value is -1.67. The fourth-order valence-electron chi connectivity index (χ4n) is 3.58. The van der Waals surface area contributed by atoms with Gasteiger partial charge in [0.15, 0.2) is 5.78 Å². The molecule has 1 fully saturated rings. The van der Waals surface area contributed by atoms with E-state index in [4.69, 9.17) is 0 Å². The number of benzene rings is 1. The van der Waals surface area contributed by atoms with Crippen LogP contribution in [0.1, 0.15) is 34.6 Å². The molecule has 0 saturated carbocycles. The molecular weight excluding hydrogens is 445 g/mol. The quantitative estimate of drug-likeness (QED) is 0.433. The van der Waals surface area contributed by atoms with E-state index in [1.807, 2.05) is 19.1 Å². The molecule has 0 atom stereocenters. The number of nitrogens with one attached hydrogen (secondary N) is 1. The average molecular weight is 472 g/mol. The van der Waals surface area contributed by atoms with Crippen LogP contribution in [0.3, 0.4) is 0 Å². The molecule has 1 saturated heterocycles. The second-order valence-electron chi connectivity index (χ2n) is 7.45. The molecule has 0 spiro atoms. The lowest BCUT2D eigenvalue weighted by Crippen LogP contribution is -3.00. The molecule has 6 nitrogen and oxygen atoms in total. The van der Waals surface area contributed by atoms with Crippen LogP contribution in [0.25, 0.3) is 0 Å². The first-order chi connectivity index (χ1) is 13.3. The Labute approximate surface area is 191 Å². The second-order valence-corrected chi connectivity index (χ2v) is 9.20. The lowest BCUT2D eigenvalue weighted by Gasteiger charge is -2.31. The third kappa shape index (κ3) is 7.87. The molecule has 0 unspecified atom stereocenters. The van der Waals surface area contributed by atoms with E-state index in [1.165, 1.54) is 0 Å². The molecule has 2 aromatic rings. The van der Waals surface area contributed by atoms with Gasteiger partial charge in [0.2, 0.25) is 10.0 Å². The molecule has 1 aliphatic heterocycles. The summed E-state index contributed by atoms with van der Waals surface area (Å²) in [4.78, 5) is 19.7. The molecule has 3 rings (SSSR count). The summed E-state index contributed by atoms with van der Waals surface area (Å²) in [6.45, 7) is 4.79. The zero-order valence-electron chi connectivity index (χ0n) is 17.1. The van der Waals surface area contributed by atoms with Crippen LogP contribution in [0.15, 0.2) is 42.5 Å². The summed E-state index contributed by atoms with van der Waals surface area (Å²) in [7, 11) is -3.31. The maximum atomic E-state index is 12.8. The van der Waals surface area contributed by atoms with E-state index in [9.17, 15) is 13.2 Å². The number of aromatic nitrogens is 1. The Balaban J connectivity index is 0.00000225. The van der Waals surface area contributed by atoms with Gasteiger partial charge in [-0.25, -0.2) is 8.42 Å². The molecule has 1 aromatic heterocycles. The molecule has 1 aromatic carbocycles. The standard InChI is InChI=1S/C21H27N3O3S.2ClH/c1-16-4-3-5-19(22-16)12-15-24-13-10-18(11-14-24)21(25)17-6-8-20(9-7-17)23-28(2,26)27;;/h3-9,18,23H,10-15H2,1-2H3;2*1H/p-2. The van der Waals surface area contributed by atoms with Gasteiger partial charge in [-0.15, -0.1) is 0 Å². The Kier molecular flexibility index (Phi) is 10.2. The number of nitrogens with zero attached hydrogens (tertiary/aromatic N) is 2. The normalized spacial score (nSPS) is 15.0. The first-order valence-corrected chi connectivity index (χ1v) is 11.5. The Morgan fingerprint density at radius 3 is 2.30 bits per heavy atom. The van der Waals surface area contributed by atoms with Crippen LogP contribution in [-0.2, 0) is 16.4 Å². The van der Waals surface area contributed by atoms with Crippen LogP contribution in [0, 0.1) is 12.8 Å². The average Bonchev–Trinajstić information content (AvgIpc) is 2.66. The van der Waals surface area contributed by atoms with E-state index in [1.54, 1.807) is 24.3 Å². The minimum absolute atomic E-state index is 0. The van der Waals surface area contributed by atoms with Crippen LogP contribution < -0.4 is 29.5 Å². The third-order valence-electron chi connectivity index (χ3n) is 5.06. The maximum absolute atomic E-state index is 12.8. The molecule has 30 heavy (non-hydrogen) atoms. The van der Waals surface area contributed by atoms with E-state index in [0.29, 0.717) is 11.3 Å². The van der Waals surface area contributed by atoms with Crippen molar-refractivity contribution in [2.45, 2.75) is 26.2 Å². The molecule has 1 N–H and O–H groups in total. The number of rotatable bonds is 7. The first kappa shape index (κ1) is 26.4. The van der Waals surface area contributed by atoms with Crippen LogP contribution in [0.5, 0.6) is 0 Å². The largest absolute Gasteiger partial charge is 1.00 e. The second kappa shape index (κ2) is 11.6. The van der Waals surface area contributed by atoms with Gasteiger partial charge in [-0.1, -0.05) is 6.07 Å². The van der Waals surface area contributed by atoms with Crippen molar-refractivity contribution in [1.82, 2.24) is 9.88 Å². The number of hydrogen-bond donors (Lipinski definition) is 1. The van der Waals surface area contributed by atoms with Gasteiger partial charge in [0, 0.05) is 41.5 Å². The minimum Gasteiger partial charge on any atom is -1.00 e. The van der Waals surface area contributed by atoms with Gasteiger partial charge < -0.3 is 29.7 Å². The van der Waals surface area contributed by atoms with Crippen molar-refractivity contribution >= 4 is 21.5 Å². The highest BCUT2D eigenvalue weighted by Gasteiger charge is 2.25. The lowest BCUT2D eigenvalue weighted by atomic mass is 9.89. The maximum Gasteiger partial charge on any atom is 0.229 e. The zero-order chi connectivity index (χ0) is 20.1. The third-order valence-corrected chi connectivity index (χ3v) is 5.67. The van der Waals surface area contributed by atoms with E-state index in [-0.39, 0.29) is 36.5 Å². The number of pyridine rings is 1. The van der Waals surface area contributed by atoms with Crippen molar-refractivity contribution in [2.24, 2.45) is 5.92 Å². The Morgan fingerprint density at radius 1 is 1.10 bits per heavy atom.